The van der Waals surface area contributed by atoms with Crippen LogP contribution in [0.1, 0.15) is 17.2 Å². The molecule has 2 aromatic rings. The Labute approximate surface area is 101 Å². The molecule has 1 N–H and O–H groups in total. The Balaban J connectivity index is 2.14. The molecule has 0 aliphatic carbocycles. The van der Waals surface area contributed by atoms with Crippen molar-refractivity contribution < 1.29 is 10.1 Å². The van der Waals surface area contributed by atoms with Crippen LogP contribution >= 0.6 is 0 Å². The molecular formula is C15H14O2. The van der Waals surface area contributed by atoms with Crippen molar-refractivity contribution in [3.05, 3.63) is 77.9 Å². The van der Waals surface area contributed by atoms with E-state index >= 15 is 0 Å². The summed E-state index contributed by atoms with van der Waals surface area (Å²) in [5.41, 5.74) is 1.99. The largest absolute Gasteiger partial charge is 0.251 e. The summed E-state index contributed by atoms with van der Waals surface area (Å²) in [6.45, 7) is 0. The zero-order valence-corrected chi connectivity index (χ0v) is 9.36. The van der Waals surface area contributed by atoms with Gasteiger partial charge in [-0.05, 0) is 17.2 Å². The van der Waals surface area contributed by atoms with Gasteiger partial charge < -0.3 is 0 Å². The second-order valence-electron chi connectivity index (χ2n) is 3.71. The van der Waals surface area contributed by atoms with Gasteiger partial charge in [-0.25, -0.2) is 4.89 Å². The van der Waals surface area contributed by atoms with Crippen LogP contribution in [-0.2, 0) is 4.89 Å². The van der Waals surface area contributed by atoms with E-state index in [9.17, 15) is 0 Å². The molecule has 0 saturated carbocycles. The number of rotatable bonds is 4. The van der Waals surface area contributed by atoms with E-state index in [1.54, 1.807) is 0 Å². The van der Waals surface area contributed by atoms with Crippen LogP contribution in [0.4, 0.5) is 0 Å². The highest BCUT2D eigenvalue weighted by Gasteiger charge is 2.06. The molecule has 0 fully saturated rings. The van der Waals surface area contributed by atoms with Crippen molar-refractivity contribution in [2.24, 2.45) is 0 Å². The van der Waals surface area contributed by atoms with Gasteiger partial charge in [0.15, 0.2) is 0 Å². The van der Waals surface area contributed by atoms with Crippen molar-refractivity contribution >= 4 is 6.08 Å². The van der Waals surface area contributed by atoms with E-state index in [1.165, 1.54) is 0 Å². The Kier molecular flexibility index (Phi) is 4.08. The fourth-order valence-corrected chi connectivity index (χ4v) is 1.61. The maximum atomic E-state index is 8.91. The van der Waals surface area contributed by atoms with Gasteiger partial charge >= 0.3 is 0 Å². The topological polar surface area (TPSA) is 29.5 Å². The van der Waals surface area contributed by atoms with Crippen molar-refractivity contribution in [1.29, 1.82) is 0 Å². The monoisotopic (exact) mass is 226 g/mol. The minimum absolute atomic E-state index is 0.434. The van der Waals surface area contributed by atoms with E-state index in [4.69, 9.17) is 5.26 Å². The lowest BCUT2D eigenvalue weighted by atomic mass is 10.1. The van der Waals surface area contributed by atoms with Crippen LogP contribution in [0, 0.1) is 0 Å². The van der Waals surface area contributed by atoms with Gasteiger partial charge in [0.25, 0.3) is 0 Å². The molecule has 0 aliphatic heterocycles. The van der Waals surface area contributed by atoms with Crippen LogP contribution in [0.5, 0.6) is 0 Å². The molecule has 0 saturated heterocycles. The highest BCUT2D eigenvalue weighted by Crippen LogP contribution is 2.18. The lowest BCUT2D eigenvalue weighted by Crippen LogP contribution is -1.97. The first-order chi connectivity index (χ1) is 8.40. The highest BCUT2D eigenvalue weighted by atomic mass is 17.1. The van der Waals surface area contributed by atoms with Gasteiger partial charge in [-0.1, -0.05) is 66.7 Å². The van der Waals surface area contributed by atoms with Crippen LogP contribution in [0.3, 0.4) is 0 Å². The normalized spacial score (nSPS) is 12.8. The summed E-state index contributed by atoms with van der Waals surface area (Å²) in [4.78, 5) is 4.47. The van der Waals surface area contributed by atoms with Gasteiger partial charge in [0, 0.05) is 0 Å². The molecule has 0 spiro atoms. The number of hydrogen-bond acceptors (Lipinski definition) is 2. The van der Waals surface area contributed by atoms with E-state index in [0.717, 1.165) is 11.1 Å². The molecular weight excluding hydrogens is 212 g/mol. The second-order valence-corrected chi connectivity index (χ2v) is 3.71. The summed E-state index contributed by atoms with van der Waals surface area (Å²) < 4.78 is 0. The van der Waals surface area contributed by atoms with Crippen LogP contribution in [-0.4, -0.2) is 5.26 Å². The minimum Gasteiger partial charge on any atom is -0.251 e. The maximum Gasteiger partial charge on any atom is 0.136 e. The third-order valence-electron chi connectivity index (χ3n) is 2.50. The summed E-state index contributed by atoms with van der Waals surface area (Å²) in [5.74, 6) is 0. The smallest absolute Gasteiger partial charge is 0.136 e. The zero-order valence-electron chi connectivity index (χ0n) is 9.36. The first kappa shape index (κ1) is 11.6. The summed E-state index contributed by atoms with van der Waals surface area (Å²) in [7, 11) is 0. The van der Waals surface area contributed by atoms with Gasteiger partial charge in [-0.3, -0.25) is 5.26 Å². The summed E-state index contributed by atoms with van der Waals surface area (Å²) in [6.07, 6.45) is 3.31. The SMILES string of the molecule is OOC(/C=C/c1ccccc1)c1ccccc1. The molecule has 1 unspecified atom stereocenters. The van der Waals surface area contributed by atoms with E-state index < -0.39 is 6.10 Å². The van der Waals surface area contributed by atoms with Crippen LogP contribution in [0.2, 0.25) is 0 Å². The van der Waals surface area contributed by atoms with E-state index in [2.05, 4.69) is 4.89 Å². The fourth-order valence-electron chi connectivity index (χ4n) is 1.61. The van der Waals surface area contributed by atoms with Crippen molar-refractivity contribution in [2.45, 2.75) is 6.10 Å². The van der Waals surface area contributed by atoms with E-state index in [1.807, 2.05) is 72.8 Å². The second kappa shape index (κ2) is 5.99. The van der Waals surface area contributed by atoms with Crippen molar-refractivity contribution in [2.75, 3.05) is 0 Å². The van der Waals surface area contributed by atoms with Gasteiger partial charge in [-0.2, -0.15) is 0 Å². The molecule has 17 heavy (non-hydrogen) atoms. The lowest BCUT2D eigenvalue weighted by Gasteiger charge is -2.08. The Bertz CT molecular complexity index is 463. The van der Waals surface area contributed by atoms with Gasteiger partial charge in [-0.15, -0.1) is 0 Å². The molecule has 0 radical (unpaired) electrons. The first-order valence-corrected chi connectivity index (χ1v) is 5.48. The number of hydrogen-bond donors (Lipinski definition) is 1. The minimum atomic E-state index is -0.434. The van der Waals surface area contributed by atoms with Gasteiger partial charge in [0.2, 0.25) is 0 Å². The summed E-state index contributed by atoms with van der Waals surface area (Å²) in [5, 5.41) is 8.91. The molecule has 1 atom stereocenters. The Morgan fingerprint density at radius 1 is 0.882 bits per heavy atom. The molecule has 0 bridgehead atoms. The molecule has 0 aliphatic rings. The lowest BCUT2D eigenvalue weighted by molar-refractivity contribution is -0.268. The molecule has 0 amide bonds. The maximum absolute atomic E-state index is 8.91. The molecule has 2 aromatic carbocycles. The van der Waals surface area contributed by atoms with Crippen molar-refractivity contribution in [3.63, 3.8) is 0 Å². The Hall–Kier alpha value is -1.90. The van der Waals surface area contributed by atoms with Crippen LogP contribution < -0.4 is 0 Å². The Morgan fingerprint density at radius 2 is 1.47 bits per heavy atom. The van der Waals surface area contributed by atoms with Gasteiger partial charge in [0.1, 0.15) is 6.10 Å². The average molecular weight is 226 g/mol. The molecule has 0 aromatic heterocycles. The molecule has 86 valence electrons. The van der Waals surface area contributed by atoms with Gasteiger partial charge in [0.05, 0.1) is 0 Å². The van der Waals surface area contributed by atoms with Crippen molar-refractivity contribution in [3.8, 4) is 0 Å². The Morgan fingerprint density at radius 3 is 2.06 bits per heavy atom. The fraction of sp³-hybridized carbons (Fsp3) is 0.0667. The first-order valence-electron chi connectivity index (χ1n) is 5.48. The third-order valence-corrected chi connectivity index (χ3v) is 2.50. The third kappa shape index (κ3) is 3.28. The van der Waals surface area contributed by atoms with Crippen molar-refractivity contribution in [1.82, 2.24) is 0 Å². The summed E-state index contributed by atoms with van der Waals surface area (Å²) >= 11 is 0. The standard InChI is InChI=1S/C15H14O2/c16-17-15(14-9-5-2-6-10-14)12-11-13-7-3-1-4-8-13/h1-12,15-16H/b12-11+. The molecule has 2 heteroatoms. The predicted octanol–water partition coefficient (Wildman–Crippen LogP) is 3.93. The van der Waals surface area contributed by atoms with Crippen LogP contribution in [0.25, 0.3) is 6.08 Å². The van der Waals surface area contributed by atoms with E-state index in [0.29, 0.717) is 0 Å². The molecule has 0 heterocycles. The van der Waals surface area contributed by atoms with E-state index in [-0.39, 0.29) is 0 Å². The highest BCUT2D eigenvalue weighted by molar-refractivity contribution is 5.50. The molecule has 2 rings (SSSR count). The molecule has 2 nitrogen and oxygen atoms in total. The predicted molar refractivity (Wildman–Crippen MR) is 68.4 cm³/mol. The van der Waals surface area contributed by atoms with Crippen LogP contribution in [0.15, 0.2) is 66.7 Å². The summed E-state index contributed by atoms with van der Waals surface area (Å²) in [6, 6.07) is 19.5. The number of benzene rings is 2. The average Bonchev–Trinajstić information content (AvgIpc) is 2.42. The quantitative estimate of drug-likeness (QED) is 0.632. The zero-order chi connectivity index (χ0) is 11.9.